The van der Waals surface area contributed by atoms with E-state index in [-0.39, 0.29) is 12.1 Å². The first-order valence-electron chi connectivity index (χ1n) is 17.8. The highest BCUT2D eigenvalue weighted by molar-refractivity contribution is 5.95. The Kier molecular flexibility index (Phi) is 13.6. The van der Waals surface area contributed by atoms with Crippen LogP contribution in [0.5, 0.6) is 0 Å². The third-order valence-electron chi connectivity index (χ3n) is 9.81. The lowest BCUT2D eigenvalue weighted by Gasteiger charge is -2.53. The average molecular weight is 569 g/mol. The Morgan fingerprint density at radius 1 is 0.452 bits per heavy atom. The predicted octanol–water partition coefficient (Wildman–Crippen LogP) is 11.9. The molecule has 0 saturated heterocycles. The summed E-state index contributed by atoms with van der Waals surface area (Å²) < 4.78 is 0. The highest BCUT2D eigenvalue weighted by Gasteiger charge is 2.45. The minimum absolute atomic E-state index is 0.245. The molecule has 0 saturated carbocycles. The molecule has 2 aromatic carbocycles. The van der Waals surface area contributed by atoms with Crippen LogP contribution in [0.2, 0.25) is 0 Å². The molecule has 4 rings (SSSR count). The lowest BCUT2D eigenvalue weighted by molar-refractivity contribution is 0.520. The maximum Gasteiger partial charge on any atom is 0.0789 e. The molecule has 0 N–H and O–H groups in total. The fraction of sp³-hybridized carbons (Fsp3) is 0.600. The number of fused-ring (bicyclic) bond motifs is 3. The SMILES string of the molecule is C=C1c2ccccc2N(CCCCCCCCCCC)C2C(=C)c3ccccc3N(CCCCCCCCCCC)C12. The number of benzene rings is 2. The molecule has 2 heterocycles. The van der Waals surface area contributed by atoms with Crippen molar-refractivity contribution >= 4 is 22.5 Å². The molecule has 2 aromatic rings. The van der Waals surface area contributed by atoms with E-state index in [0.717, 1.165) is 13.1 Å². The van der Waals surface area contributed by atoms with Gasteiger partial charge in [-0.3, -0.25) is 0 Å². The topological polar surface area (TPSA) is 6.48 Å². The van der Waals surface area contributed by atoms with Gasteiger partial charge in [0.25, 0.3) is 0 Å². The van der Waals surface area contributed by atoms with Crippen LogP contribution >= 0.6 is 0 Å². The zero-order valence-electron chi connectivity index (χ0n) is 27.2. The van der Waals surface area contributed by atoms with Crippen molar-refractivity contribution < 1.29 is 0 Å². The molecule has 0 radical (unpaired) electrons. The Hall–Kier alpha value is -2.48. The van der Waals surface area contributed by atoms with Gasteiger partial charge in [-0.2, -0.15) is 0 Å². The molecule has 0 fully saturated rings. The van der Waals surface area contributed by atoms with Gasteiger partial charge in [-0.1, -0.05) is 166 Å². The molecule has 42 heavy (non-hydrogen) atoms. The van der Waals surface area contributed by atoms with E-state index in [1.807, 2.05) is 0 Å². The van der Waals surface area contributed by atoms with Gasteiger partial charge in [0.05, 0.1) is 12.1 Å². The molecule has 2 aliphatic heterocycles. The molecular formula is C40H60N2. The van der Waals surface area contributed by atoms with Crippen molar-refractivity contribution in [1.82, 2.24) is 0 Å². The quantitative estimate of drug-likeness (QED) is 0.147. The van der Waals surface area contributed by atoms with Gasteiger partial charge < -0.3 is 9.80 Å². The van der Waals surface area contributed by atoms with Gasteiger partial charge in [0.15, 0.2) is 0 Å². The summed E-state index contributed by atoms with van der Waals surface area (Å²) in [4.78, 5) is 5.41. The number of anilines is 2. The van der Waals surface area contributed by atoms with Crippen LogP contribution in [0.3, 0.4) is 0 Å². The maximum absolute atomic E-state index is 4.77. The molecule has 2 heteroatoms. The smallest absolute Gasteiger partial charge is 0.0789 e. The minimum atomic E-state index is 0.245. The van der Waals surface area contributed by atoms with Crippen LogP contribution in [0.15, 0.2) is 61.7 Å². The summed E-state index contributed by atoms with van der Waals surface area (Å²) in [5.41, 5.74) is 7.91. The molecule has 2 nitrogen and oxygen atoms in total. The Bertz CT molecular complexity index is 1010. The molecule has 2 aliphatic rings. The number of hydrogen-bond donors (Lipinski definition) is 0. The highest BCUT2D eigenvalue weighted by atomic mass is 15.3. The fourth-order valence-corrected chi connectivity index (χ4v) is 7.41. The van der Waals surface area contributed by atoms with Crippen LogP contribution in [-0.2, 0) is 0 Å². The van der Waals surface area contributed by atoms with Gasteiger partial charge in [0.2, 0.25) is 0 Å². The lowest BCUT2D eigenvalue weighted by Crippen LogP contribution is -2.58. The summed E-state index contributed by atoms with van der Waals surface area (Å²) in [6.45, 7) is 16.3. The summed E-state index contributed by atoms with van der Waals surface area (Å²) in [6.07, 6.45) is 24.5. The van der Waals surface area contributed by atoms with E-state index >= 15 is 0 Å². The van der Waals surface area contributed by atoms with Crippen LogP contribution in [0, 0.1) is 0 Å². The summed E-state index contributed by atoms with van der Waals surface area (Å²) in [6, 6.07) is 18.5. The fourth-order valence-electron chi connectivity index (χ4n) is 7.41. The number of rotatable bonds is 20. The van der Waals surface area contributed by atoms with Gasteiger partial charge in [-0.05, 0) is 36.1 Å². The second-order valence-corrected chi connectivity index (χ2v) is 13.0. The van der Waals surface area contributed by atoms with Crippen molar-refractivity contribution in [2.45, 2.75) is 142 Å². The summed E-state index contributed by atoms with van der Waals surface area (Å²) in [5.74, 6) is 0. The van der Waals surface area contributed by atoms with E-state index in [1.165, 1.54) is 149 Å². The molecule has 230 valence electrons. The average Bonchev–Trinajstić information content (AvgIpc) is 3.02. The normalized spacial score (nSPS) is 17.8. The maximum atomic E-state index is 4.77. The third kappa shape index (κ3) is 8.33. The Morgan fingerprint density at radius 2 is 0.762 bits per heavy atom. The number of nitrogens with zero attached hydrogens (tertiary/aromatic N) is 2. The van der Waals surface area contributed by atoms with Crippen LogP contribution in [0.1, 0.15) is 141 Å². The third-order valence-corrected chi connectivity index (χ3v) is 9.81. The Morgan fingerprint density at radius 3 is 1.12 bits per heavy atom. The van der Waals surface area contributed by atoms with E-state index in [0.29, 0.717) is 0 Å². The monoisotopic (exact) mass is 568 g/mol. The minimum Gasteiger partial charge on any atom is -0.362 e. The zero-order valence-corrected chi connectivity index (χ0v) is 27.2. The van der Waals surface area contributed by atoms with E-state index < -0.39 is 0 Å². The number of para-hydroxylation sites is 2. The molecule has 0 spiro atoms. The molecule has 0 bridgehead atoms. The zero-order chi connectivity index (χ0) is 29.6. The van der Waals surface area contributed by atoms with Crippen molar-refractivity contribution in [2.75, 3.05) is 22.9 Å². The van der Waals surface area contributed by atoms with Crippen molar-refractivity contribution in [3.8, 4) is 0 Å². The van der Waals surface area contributed by atoms with Gasteiger partial charge in [-0.15, -0.1) is 0 Å². The lowest BCUT2D eigenvalue weighted by atomic mass is 9.77. The highest BCUT2D eigenvalue weighted by Crippen LogP contribution is 2.49. The Balaban J connectivity index is 1.44. The van der Waals surface area contributed by atoms with E-state index in [1.54, 1.807) is 0 Å². The first-order chi connectivity index (χ1) is 20.7. The standard InChI is InChI=1S/C40H60N2/c1-5-7-9-11-13-15-17-19-25-31-41-37-29-23-21-27-35(37)34(4)40-39(41)33(3)36-28-22-24-30-38(36)42(40)32-26-20-18-16-14-12-10-8-6-2/h21-24,27-30,39-40H,3-20,25-26,31-32H2,1-2H3. The second kappa shape index (κ2) is 17.6. The largest absolute Gasteiger partial charge is 0.362 e. The first-order valence-corrected chi connectivity index (χ1v) is 17.8. The van der Waals surface area contributed by atoms with E-state index in [2.05, 4.69) is 72.2 Å². The molecule has 2 atom stereocenters. The molecular weight excluding hydrogens is 508 g/mol. The van der Waals surface area contributed by atoms with E-state index in [4.69, 9.17) is 13.2 Å². The van der Waals surface area contributed by atoms with Gasteiger partial charge in [0.1, 0.15) is 0 Å². The van der Waals surface area contributed by atoms with Crippen molar-refractivity contribution in [2.24, 2.45) is 0 Å². The van der Waals surface area contributed by atoms with Crippen molar-refractivity contribution in [3.05, 3.63) is 72.8 Å². The molecule has 0 amide bonds. The van der Waals surface area contributed by atoms with Gasteiger partial charge in [-0.25, -0.2) is 0 Å². The van der Waals surface area contributed by atoms with Gasteiger partial charge >= 0.3 is 0 Å². The first kappa shape index (κ1) is 32.4. The van der Waals surface area contributed by atoms with Crippen molar-refractivity contribution in [3.63, 3.8) is 0 Å². The van der Waals surface area contributed by atoms with Crippen LogP contribution in [0.4, 0.5) is 11.4 Å². The van der Waals surface area contributed by atoms with Crippen LogP contribution in [0.25, 0.3) is 11.1 Å². The summed E-state index contributed by atoms with van der Waals surface area (Å²) in [5, 5.41) is 0. The van der Waals surface area contributed by atoms with Gasteiger partial charge in [0, 0.05) is 35.6 Å². The summed E-state index contributed by atoms with van der Waals surface area (Å²) >= 11 is 0. The predicted molar refractivity (Wildman–Crippen MR) is 188 cm³/mol. The van der Waals surface area contributed by atoms with Crippen LogP contribution < -0.4 is 9.80 Å². The molecule has 2 unspecified atom stereocenters. The summed E-state index contributed by atoms with van der Waals surface area (Å²) in [7, 11) is 0. The molecule has 0 aliphatic carbocycles. The Labute approximate surface area is 259 Å². The molecule has 0 aromatic heterocycles. The number of hydrogen-bond acceptors (Lipinski definition) is 2. The number of unbranched alkanes of at least 4 members (excludes halogenated alkanes) is 16. The van der Waals surface area contributed by atoms with E-state index in [9.17, 15) is 0 Å². The van der Waals surface area contributed by atoms with Crippen molar-refractivity contribution in [1.29, 1.82) is 0 Å². The van der Waals surface area contributed by atoms with Crippen LogP contribution in [-0.4, -0.2) is 25.2 Å². The second-order valence-electron chi connectivity index (χ2n) is 13.0.